The number of furan rings is 1. The number of aromatic amines is 1. The van der Waals surface area contributed by atoms with Gasteiger partial charge in [0.2, 0.25) is 6.79 Å². The number of H-pyrrole nitrogens is 1. The zero-order valence-corrected chi connectivity index (χ0v) is 13.1. The summed E-state index contributed by atoms with van der Waals surface area (Å²) < 4.78 is 15.8. The molecule has 3 heterocycles. The van der Waals surface area contributed by atoms with Gasteiger partial charge in [0.15, 0.2) is 11.5 Å². The van der Waals surface area contributed by atoms with Crippen molar-refractivity contribution in [2.75, 3.05) is 6.79 Å². The van der Waals surface area contributed by atoms with E-state index in [-0.39, 0.29) is 18.9 Å². The lowest BCUT2D eigenvalue weighted by atomic mass is 10.2. The lowest BCUT2D eigenvalue weighted by Crippen LogP contribution is -2.29. The molecule has 2 aromatic heterocycles. The molecular weight excluding hydrogens is 324 g/mol. The molecule has 4 rings (SSSR count). The summed E-state index contributed by atoms with van der Waals surface area (Å²) in [6.45, 7) is 0.470. The Labute approximate surface area is 142 Å². The van der Waals surface area contributed by atoms with E-state index in [1.807, 2.05) is 6.07 Å². The fourth-order valence-corrected chi connectivity index (χ4v) is 2.56. The van der Waals surface area contributed by atoms with Gasteiger partial charge in [-0.2, -0.15) is 0 Å². The lowest BCUT2D eigenvalue weighted by Gasteiger charge is -2.06. The second-order valence-corrected chi connectivity index (χ2v) is 5.46. The van der Waals surface area contributed by atoms with Gasteiger partial charge in [-0.25, -0.2) is 0 Å². The van der Waals surface area contributed by atoms with Gasteiger partial charge in [0.05, 0.1) is 12.0 Å². The van der Waals surface area contributed by atoms with Crippen LogP contribution in [0.15, 0.2) is 57.9 Å². The molecule has 0 saturated carbocycles. The molecule has 126 valence electrons. The highest BCUT2D eigenvalue weighted by Gasteiger charge is 2.15. The van der Waals surface area contributed by atoms with E-state index in [9.17, 15) is 9.59 Å². The highest BCUT2D eigenvalue weighted by atomic mass is 16.7. The van der Waals surface area contributed by atoms with Crippen LogP contribution in [0.25, 0.3) is 11.5 Å². The average Bonchev–Trinajstić information content (AvgIpc) is 3.30. The Balaban J connectivity index is 1.47. The first kappa shape index (κ1) is 15.1. The predicted molar refractivity (Wildman–Crippen MR) is 88.5 cm³/mol. The molecule has 0 unspecified atom stereocenters. The molecule has 7 heteroatoms. The first-order valence-electron chi connectivity index (χ1n) is 7.64. The molecule has 1 aliphatic heterocycles. The maximum atomic E-state index is 12.3. The second-order valence-electron chi connectivity index (χ2n) is 5.46. The first-order chi connectivity index (χ1) is 12.2. The summed E-state index contributed by atoms with van der Waals surface area (Å²) in [5, 5.41) is 2.72. The SMILES string of the molecule is O=C(NCc1ccc2c(c1)OCO2)c1ccc(-c2ccco2)[nH]c1=O. The van der Waals surface area contributed by atoms with Crippen LogP contribution in [-0.2, 0) is 6.54 Å². The normalized spacial score (nSPS) is 12.2. The molecular formula is C18H14N2O5. The molecule has 0 atom stereocenters. The highest BCUT2D eigenvalue weighted by molar-refractivity contribution is 5.94. The number of hydrogen-bond donors (Lipinski definition) is 2. The van der Waals surface area contributed by atoms with Gasteiger partial charge in [-0.05, 0) is 42.0 Å². The van der Waals surface area contributed by atoms with E-state index in [2.05, 4.69) is 10.3 Å². The smallest absolute Gasteiger partial charge is 0.261 e. The zero-order valence-electron chi connectivity index (χ0n) is 13.1. The van der Waals surface area contributed by atoms with Crippen molar-refractivity contribution in [3.8, 4) is 23.0 Å². The standard InChI is InChI=1S/C18H14N2O5/c21-17(19-9-11-3-6-15-16(8-11)25-10-24-15)12-4-5-13(20-18(12)22)14-2-1-7-23-14/h1-8H,9-10H2,(H,19,21)(H,20,22). The van der Waals surface area contributed by atoms with Crippen molar-refractivity contribution in [2.45, 2.75) is 6.54 Å². The highest BCUT2D eigenvalue weighted by Crippen LogP contribution is 2.32. The molecule has 2 N–H and O–H groups in total. The van der Waals surface area contributed by atoms with Gasteiger partial charge in [-0.15, -0.1) is 0 Å². The minimum Gasteiger partial charge on any atom is -0.463 e. The van der Waals surface area contributed by atoms with Gasteiger partial charge >= 0.3 is 0 Å². The number of hydrogen-bond acceptors (Lipinski definition) is 5. The van der Waals surface area contributed by atoms with Gasteiger partial charge in [0.1, 0.15) is 11.3 Å². The maximum absolute atomic E-state index is 12.3. The van der Waals surface area contributed by atoms with Crippen LogP contribution in [0, 0.1) is 0 Å². The summed E-state index contributed by atoms with van der Waals surface area (Å²) in [4.78, 5) is 27.1. The van der Waals surface area contributed by atoms with Crippen molar-refractivity contribution < 1.29 is 18.7 Å². The van der Waals surface area contributed by atoms with Crippen molar-refractivity contribution in [3.05, 3.63) is 70.2 Å². The Kier molecular flexibility index (Phi) is 3.74. The third kappa shape index (κ3) is 2.99. The van der Waals surface area contributed by atoms with Crippen LogP contribution in [0.2, 0.25) is 0 Å². The Morgan fingerprint density at radius 2 is 2.00 bits per heavy atom. The molecule has 1 aliphatic rings. The van der Waals surface area contributed by atoms with Gasteiger partial charge in [-0.1, -0.05) is 6.07 Å². The van der Waals surface area contributed by atoms with Gasteiger partial charge in [0, 0.05) is 6.54 Å². The molecule has 0 bridgehead atoms. The Morgan fingerprint density at radius 1 is 1.12 bits per heavy atom. The molecule has 0 saturated heterocycles. The van der Waals surface area contributed by atoms with Crippen molar-refractivity contribution in [2.24, 2.45) is 0 Å². The van der Waals surface area contributed by atoms with Crippen LogP contribution in [0.4, 0.5) is 0 Å². The first-order valence-corrected chi connectivity index (χ1v) is 7.64. The molecule has 3 aromatic rings. The van der Waals surface area contributed by atoms with Crippen LogP contribution < -0.4 is 20.3 Å². The van der Waals surface area contributed by atoms with E-state index in [4.69, 9.17) is 13.9 Å². The second kappa shape index (κ2) is 6.20. The van der Waals surface area contributed by atoms with Crippen molar-refractivity contribution >= 4 is 5.91 Å². The van der Waals surface area contributed by atoms with Crippen molar-refractivity contribution in [3.63, 3.8) is 0 Å². The summed E-state index contributed by atoms with van der Waals surface area (Å²) in [7, 11) is 0. The third-order valence-corrected chi connectivity index (χ3v) is 3.83. The number of nitrogens with one attached hydrogen (secondary N) is 2. The minimum atomic E-state index is -0.475. The predicted octanol–water partition coefficient (Wildman–Crippen LogP) is 2.29. The van der Waals surface area contributed by atoms with Crippen LogP contribution in [0.1, 0.15) is 15.9 Å². The summed E-state index contributed by atoms with van der Waals surface area (Å²) in [6, 6.07) is 12.0. The topological polar surface area (TPSA) is 93.6 Å². The number of ether oxygens (including phenoxy) is 2. The quantitative estimate of drug-likeness (QED) is 0.761. The van der Waals surface area contributed by atoms with Crippen LogP contribution in [0.3, 0.4) is 0 Å². The number of pyridine rings is 1. The molecule has 0 radical (unpaired) electrons. The van der Waals surface area contributed by atoms with Crippen LogP contribution >= 0.6 is 0 Å². The number of carbonyl (C=O) groups excluding carboxylic acids is 1. The van der Waals surface area contributed by atoms with E-state index in [0.717, 1.165) is 5.56 Å². The molecule has 0 fully saturated rings. The van der Waals surface area contributed by atoms with Crippen LogP contribution in [0.5, 0.6) is 11.5 Å². The summed E-state index contributed by atoms with van der Waals surface area (Å²) in [5.41, 5.74) is 0.927. The summed E-state index contributed by atoms with van der Waals surface area (Å²) >= 11 is 0. The van der Waals surface area contributed by atoms with E-state index in [1.165, 1.54) is 12.3 Å². The molecule has 1 aromatic carbocycles. The molecule has 25 heavy (non-hydrogen) atoms. The molecule has 0 spiro atoms. The molecule has 0 aliphatic carbocycles. The molecule has 7 nitrogen and oxygen atoms in total. The van der Waals surface area contributed by atoms with E-state index < -0.39 is 11.5 Å². The third-order valence-electron chi connectivity index (χ3n) is 3.83. The fraction of sp³-hybridized carbons (Fsp3) is 0.111. The van der Waals surface area contributed by atoms with E-state index >= 15 is 0 Å². The van der Waals surface area contributed by atoms with Gasteiger partial charge in [0.25, 0.3) is 11.5 Å². The van der Waals surface area contributed by atoms with E-state index in [1.54, 1.807) is 30.3 Å². The number of rotatable bonds is 4. The van der Waals surface area contributed by atoms with E-state index in [0.29, 0.717) is 23.0 Å². The number of benzene rings is 1. The Hall–Kier alpha value is -3.48. The van der Waals surface area contributed by atoms with Crippen molar-refractivity contribution in [1.29, 1.82) is 0 Å². The largest absolute Gasteiger partial charge is 0.463 e. The van der Waals surface area contributed by atoms with Gasteiger partial charge in [-0.3, -0.25) is 9.59 Å². The fourth-order valence-electron chi connectivity index (χ4n) is 2.56. The minimum absolute atomic E-state index is 0.0380. The Bertz CT molecular complexity index is 975. The maximum Gasteiger partial charge on any atom is 0.261 e. The van der Waals surface area contributed by atoms with Gasteiger partial charge < -0.3 is 24.2 Å². The monoisotopic (exact) mass is 338 g/mol. The summed E-state index contributed by atoms with van der Waals surface area (Å²) in [6.07, 6.45) is 1.51. The lowest BCUT2D eigenvalue weighted by molar-refractivity contribution is 0.0949. The number of fused-ring (bicyclic) bond motifs is 1. The summed E-state index contributed by atoms with van der Waals surface area (Å²) in [5.74, 6) is 1.40. The van der Waals surface area contributed by atoms with Crippen LogP contribution in [-0.4, -0.2) is 17.7 Å². The number of amides is 1. The van der Waals surface area contributed by atoms with Crippen molar-refractivity contribution in [1.82, 2.24) is 10.3 Å². The average molecular weight is 338 g/mol. The molecule has 1 amide bonds. The number of carbonyl (C=O) groups is 1. The zero-order chi connectivity index (χ0) is 17.2. The number of aromatic nitrogens is 1. The Morgan fingerprint density at radius 3 is 2.80 bits per heavy atom.